The molecule has 3 nitrogen and oxygen atoms in total. The van der Waals surface area contributed by atoms with Crippen molar-refractivity contribution in [1.29, 1.82) is 0 Å². The highest BCUT2D eigenvalue weighted by atomic mass is 35.5. The molecule has 0 aromatic rings. The first-order chi connectivity index (χ1) is 4.83. The van der Waals surface area contributed by atoms with Gasteiger partial charge in [-0.25, -0.2) is 0 Å². The Balaban J connectivity index is 0. The van der Waals surface area contributed by atoms with Crippen LogP contribution >= 0.6 is 12.4 Å². The average molecular weight is 196 g/mol. The zero-order valence-electron chi connectivity index (χ0n) is 8.13. The van der Waals surface area contributed by atoms with E-state index in [0.29, 0.717) is 0 Å². The van der Waals surface area contributed by atoms with Gasteiger partial charge >= 0.3 is 5.97 Å². The van der Waals surface area contributed by atoms with E-state index in [1.54, 1.807) is 0 Å². The van der Waals surface area contributed by atoms with Gasteiger partial charge in [0, 0.05) is 6.54 Å². The second-order valence-corrected chi connectivity index (χ2v) is 3.97. The zero-order chi connectivity index (χ0) is 9.07. The fourth-order valence-corrected chi connectivity index (χ4v) is 1.32. The van der Waals surface area contributed by atoms with E-state index < -0.39 is 5.97 Å². The van der Waals surface area contributed by atoms with Crippen LogP contribution in [0, 0.1) is 5.41 Å². The number of halogens is 1. The molecule has 0 aromatic heterocycles. The van der Waals surface area contributed by atoms with Crippen LogP contribution in [0.2, 0.25) is 0 Å². The molecule has 0 rings (SSSR count). The number of carboxylic acid groups (broad SMARTS) is 1. The number of rotatable bonds is 4. The SMILES string of the molecule is CN(C)CC(C)(C)CC(=O)O.Cl. The summed E-state index contributed by atoms with van der Waals surface area (Å²) in [6.45, 7) is 4.72. The number of carboxylic acids is 1. The summed E-state index contributed by atoms with van der Waals surface area (Å²) in [5.41, 5.74) is -0.130. The van der Waals surface area contributed by atoms with Crippen LogP contribution in [-0.4, -0.2) is 36.6 Å². The third kappa shape index (κ3) is 7.82. The Bertz CT molecular complexity index is 146. The third-order valence-corrected chi connectivity index (χ3v) is 1.37. The van der Waals surface area contributed by atoms with Gasteiger partial charge in [0.1, 0.15) is 0 Å². The van der Waals surface area contributed by atoms with Crippen molar-refractivity contribution in [2.24, 2.45) is 5.41 Å². The van der Waals surface area contributed by atoms with Gasteiger partial charge in [-0.3, -0.25) is 4.79 Å². The minimum Gasteiger partial charge on any atom is -0.481 e. The molecule has 74 valence electrons. The van der Waals surface area contributed by atoms with Crippen molar-refractivity contribution in [3.63, 3.8) is 0 Å². The molecule has 1 N–H and O–H groups in total. The molecule has 0 saturated carbocycles. The van der Waals surface area contributed by atoms with Crippen molar-refractivity contribution in [2.45, 2.75) is 20.3 Å². The third-order valence-electron chi connectivity index (χ3n) is 1.37. The largest absolute Gasteiger partial charge is 0.481 e. The fourth-order valence-electron chi connectivity index (χ4n) is 1.32. The van der Waals surface area contributed by atoms with Gasteiger partial charge < -0.3 is 10.0 Å². The minimum atomic E-state index is -0.725. The van der Waals surface area contributed by atoms with Crippen LogP contribution in [0.1, 0.15) is 20.3 Å². The zero-order valence-corrected chi connectivity index (χ0v) is 8.94. The van der Waals surface area contributed by atoms with E-state index in [2.05, 4.69) is 0 Å². The summed E-state index contributed by atoms with van der Waals surface area (Å²) in [7, 11) is 3.90. The molecule has 0 radical (unpaired) electrons. The van der Waals surface area contributed by atoms with E-state index in [1.165, 1.54) is 0 Å². The maximum atomic E-state index is 10.4. The van der Waals surface area contributed by atoms with E-state index in [1.807, 2.05) is 32.8 Å². The predicted octanol–water partition coefficient (Wildman–Crippen LogP) is 1.47. The lowest BCUT2D eigenvalue weighted by Gasteiger charge is -2.26. The molecule has 0 amide bonds. The molecule has 0 bridgehead atoms. The molecular formula is C8H18ClNO2. The highest BCUT2D eigenvalue weighted by molar-refractivity contribution is 5.85. The Labute approximate surface area is 80.2 Å². The molecular weight excluding hydrogens is 178 g/mol. The summed E-state index contributed by atoms with van der Waals surface area (Å²) in [6, 6.07) is 0. The van der Waals surface area contributed by atoms with Gasteiger partial charge in [-0.15, -0.1) is 12.4 Å². The highest BCUT2D eigenvalue weighted by Crippen LogP contribution is 2.20. The monoisotopic (exact) mass is 195 g/mol. The van der Waals surface area contributed by atoms with Gasteiger partial charge in [-0.1, -0.05) is 13.8 Å². The van der Waals surface area contributed by atoms with Crippen molar-refractivity contribution >= 4 is 18.4 Å². The number of hydrogen-bond acceptors (Lipinski definition) is 2. The van der Waals surface area contributed by atoms with Gasteiger partial charge in [0.25, 0.3) is 0 Å². The summed E-state index contributed by atoms with van der Waals surface area (Å²) in [6.07, 6.45) is 0.227. The summed E-state index contributed by atoms with van der Waals surface area (Å²) < 4.78 is 0. The van der Waals surface area contributed by atoms with Crippen LogP contribution < -0.4 is 0 Å². The van der Waals surface area contributed by atoms with Crippen molar-refractivity contribution < 1.29 is 9.90 Å². The van der Waals surface area contributed by atoms with Crippen molar-refractivity contribution in [3.05, 3.63) is 0 Å². The average Bonchev–Trinajstić information content (AvgIpc) is 1.53. The fraction of sp³-hybridized carbons (Fsp3) is 0.875. The number of nitrogens with zero attached hydrogens (tertiary/aromatic N) is 1. The van der Waals surface area contributed by atoms with Crippen molar-refractivity contribution in [1.82, 2.24) is 4.90 Å². The quantitative estimate of drug-likeness (QED) is 0.739. The van der Waals surface area contributed by atoms with Crippen LogP contribution in [-0.2, 0) is 4.79 Å². The van der Waals surface area contributed by atoms with E-state index in [-0.39, 0.29) is 24.2 Å². The first kappa shape index (κ1) is 14.3. The highest BCUT2D eigenvalue weighted by Gasteiger charge is 2.21. The molecule has 0 spiro atoms. The molecule has 0 atom stereocenters. The Morgan fingerprint density at radius 1 is 1.42 bits per heavy atom. The number of carbonyl (C=O) groups is 1. The molecule has 0 unspecified atom stereocenters. The molecule has 0 aliphatic rings. The van der Waals surface area contributed by atoms with E-state index in [9.17, 15) is 4.79 Å². The summed E-state index contributed by atoms with van der Waals surface area (Å²) in [4.78, 5) is 12.4. The van der Waals surface area contributed by atoms with Crippen LogP contribution in [0.25, 0.3) is 0 Å². The smallest absolute Gasteiger partial charge is 0.303 e. The first-order valence-corrected chi connectivity index (χ1v) is 3.70. The van der Waals surface area contributed by atoms with Crippen LogP contribution in [0.4, 0.5) is 0 Å². The Morgan fingerprint density at radius 2 is 1.83 bits per heavy atom. The van der Waals surface area contributed by atoms with E-state index in [0.717, 1.165) is 6.54 Å². The standard InChI is InChI=1S/C8H17NO2.ClH/c1-8(2,5-7(10)11)6-9(3)4;/h5-6H2,1-4H3,(H,10,11);1H. The maximum Gasteiger partial charge on any atom is 0.303 e. The second kappa shape index (κ2) is 5.38. The Hall–Kier alpha value is -0.280. The molecule has 12 heavy (non-hydrogen) atoms. The van der Waals surface area contributed by atoms with Crippen LogP contribution in [0.3, 0.4) is 0 Å². The topological polar surface area (TPSA) is 40.5 Å². The maximum absolute atomic E-state index is 10.4. The van der Waals surface area contributed by atoms with Gasteiger partial charge in [-0.05, 0) is 19.5 Å². The van der Waals surface area contributed by atoms with Crippen molar-refractivity contribution in [2.75, 3.05) is 20.6 Å². The van der Waals surface area contributed by atoms with Crippen LogP contribution in [0.15, 0.2) is 0 Å². The van der Waals surface area contributed by atoms with E-state index in [4.69, 9.17) is 5.11 Å². The molecule has 4 heteroatoms. The molecule has 0 aromatic carbocycles. The first-order valence-electron chi connectivity index (χ1n) is 3.70. The Morgan fingerprint density at radius 3 is 2.08 bits per heavy atom. The number of hydrogen-bond donors (Lipinski definition) is 1. The lowest BCUT2D eigenvalue weighted by Crippen LogP contribution is -2.30. The number of aliphatic carboxylic acids is 1. The van der Waals surface area contributed by atoms with Crippen molar-refractivity contribution in [3.8, 4) is 0 Å². The lowest BCUT2D eigenvalue weighted by molar-refractivity contribution is -0.139. The normalized spacial score (nSPS) is 11.1. The lowest BCUT2D eigenvalue weighted by atomic mass is 9.89. The molecule has 0 aliphatic carbocycles. The molecule has 0 aliphatic heterocycles. The summed E-state index contributed by atoms with van der Waals surface area (Å²) in [5.74, 6) is -0.725. The molecule has 0 saturated heterocycles. The van der Waals surface area contributed by atoms with Gasteiger partial charge in [0.05, 0.1) is 6.42 Å². The van der Waals surface area contributed by atoms with Crippen LogP contribution in [0.5, 0.6) is 0 Å². The summed E-state index contributed by atoms with van der Waals surface area (Å²) >= 11 is 0. The van der Waals surface area contributed by atoms with E-state index >= 15 is 0 Å². The predicted molar refractivity (Wildman–Crippen MR) is 51.8 cm³/mol. The molecule has 0 heterocycles. The summed E-state index contributed by atoms with van der Waals surface area (Å²) in [5, 5.41) is 8.54. The Kier molecular flexibility index (Phi) is 6.39. The second-order valence-electron chi connectivity index (χ2n) is 3.97. The van der Waals surface area contributed by atoms with Gasteiger partial charge in [-0.2, -0.15) is 0 Å². The molecule has 0 fully saturated rings. The van der Waals surface area contributed by atoms with Gasteiger partial charge in [0.15, 0.2) is 0 Å². The van der Waals surface area contributed by atoms with Gasteiger partial charge in [0.2, 0.25) is 0 Å². The minimum absolute atomic E-state index is 0.